The summed E-state index contributed by atoms with van der Waals surface area (Å²) in [5.41, 5.74) is 0. The van der Waals surface area contributed by atoms with Crippen LogP contribution >= 0.6 is 0 Å². The van der Waals surface area contributed by atoms with E-state index >= 15 is 0 Å². The molecule has 0 radical (unpaired) electrons. The minimum atomic E-state index is 0.540. The minimum absolute atomic E-state index is 0.540. The van der Waals surface area contributed by atoms with Gasteiger partial charge in [0.2, 0.25) is 11.8 Å². The van der Waals surface area contributed by atoms with Crippen LogP contribution in [0.15, 0.2) is 15.1 Å². The first-order chi connectivity index (χ1) is 7.24. The average molecular weight is 208 g/mol. The van der Waals surface area contributed by atoms with Crippen LogP contribution in [-0.4, -0.2) is 15.1 Å². The van der Waals surface area contributed by atoms with Crippen LogP contribution in [0.1, 0.15) is 23.4 Å². The fourth-order valence-electron chi connectivity index (χ4n) is 1.18. The van der Waals surface area contributed by atoms with E-state index in [0.717, 1.165) is 5.76 Å². The van der Waals surface area contributed by atoms with Crippen molar-refractivity contribution < 1.29 is 8.94 Å². The van der Waals surface area contributed by atoms with E-state index in [1.165, 1.54) is 0 Å². The zero-order valence-electron chi connectivity index (χ0n) is 8.65. The Morgan fingerprint density at radius 2 is 2.20 bits per heavy atom. The van der Waals surface area contributed by atoms with Crippen LogP contribution in [0.25, 0.3) is 0 Å². The van der Waals surface area contributed by atoms with E-state index in [2.05, 4.69) is 20.4 Å². The van der Waals surface area contributed by atoms with E-state index < -0.39 is 0 Å². The largest absolute Gasteiger partial charge is 0.445 e. The van der Waals surface area contributed by atoms with Gasteiger partial charge in [0, 0.05) is 6.92 Å². The third-order valence-corrected chi connectivity index (χ3v) is 1.80. The van der Waals surface area contributed by atoms with Crippen molar-refractivity contribution in [1.29, 1.82) is 0 Å². The molecule has 0 aromatic carbocycles. The predicted molar refractivity (Wildman–Crippen MR) is 50.8 cm³/mol. The van der Waals surface area contributed by atoms with Crippen molar-refractivity contribution in [3.05, 3.63) is 29.6 Å². The Kier molecular flexibility index (Phi) is 2.77. The zero-order chi connectivity index (χ0) is 10.7. The first kappa shape index (κ1) is 9.85. The summed E-state index contributed by atoms with van der Waals surface area (Å²) in [7, 11) is 0. The van der Waals surface area contributed by atoms with E-state index in [-0.39, 0.29) is 0 Å². The monoisotopic (exact) mass is 208 g/mol. The smallest absolute Gasteiger partial charge is 0.223 e. The van der Waals surface area contributed by atoms with E-state index in [0.29, 0.717) is 30.7 Å². The number of hydrogen-bond donors (Lipinski definition) is 1. The standard InChI is InChI=1S/C9H12N4O2/c1-6-3-11-9(14-6)5-10-4-8-12-7(2)15-13-8/h3,10H,4-5H2,1-2H3. The van der Waals surface area contributed by atoms with Crippen molar-refractivity contribution in [2.45, 2.75) is 26.9 Å². The van der Waals surface area contributed by atoms with Gasteiger partial charge in [-0.2, -0.15) is 4.98 Å². The quantitative estimate of drug-likeness (QED) is 0.806. The molecule has 2 rings (SSSR count). The van der Waals surface area contributed by atoms with E-state index in [1.54, 1.807) is 13.1 Å². The number of nitrogens with zero attached hydrogens (tertiary/aromatic N) is 3. The van der Waals surface area contributed by atoms with Gasteiger partial charge in [0.15, 0.2) is 5.82 Å². The van der Waals surface area contributed by atoms with Crippen molar-refractivity contribution in [1.82, 2.24) is 20.4 Å². The van der Waals surface area contributed by atoms with Crippen LogP contribution in [-0.2, 0) is 13.1 Å². The highest BCUT2D eigenvalue weighted by atomic mass is 16.5. The molecule has 2 aromatic rings. The summed E-state index contributed by atoms with van der Waals surface area (Å²) in [4.78, 5) is 8.11. The van der Waals surface area contributed by atoms with Crippen molar-refractivity contribution in [3.8, 4) is 0 Å². The first-order valence-corrected chi connectivity index (χ1v) is 4.65. The van der Waals surface area contributed by atoms with Crippen LogP contribution in [0, 0.1) is 13.8 Å². The second kappa shape index (κ2) is 4.22. The van der Waals surface area contributed by atoms with Gasteiger partial charge in [-0.15, -0.1) is 0 Å². The first-order valence-electron chi connectivity index (χ1n) is 4.65. The molecule has 0 aliphatic rings. The molecule has 2 aromatic heterocycles. The molecule has 6 nitrogen and oxygen atoms in total. The Bertz CT molecular complexity index is 395. The molecule has 0 unspecified atom stereocenters. The third kappa shape index (κ3) is 2.63. The van der Waals surface area contributed by atoms with E-state index in [1.807, 2.05) is 6.92 Å². The van der Waals surface area contributed by atoms with Crippen LogP contribution in [0.4, 0.5) is 0 Å². The molecule has 0 amide bonds. The predicted octanol–water partition coefficient (Wildman–Crippen LogP) is 0.964. The Balaban J connectivity index is 1.80. The summed E-state index contributed by atoms with van der Waals surface area (Å²) in [6, 6.07) is 0. The number of aryl methyl sites for hydroxylation is 2. The summed E-state index contributed by atoms with van der Waals surface area (Å²) in [5, 5.41) is 6.86. The fraction of sp³-hybridized carbons (Fsp3) is 0.444. The Morgan fingerprint density at radius 1 is 1.33 bits per heavy atom. The highest BCUT2D eigenvalue weighted by molar-refractivity contribution is 4.91. The molecule has 0 aliphatic carbocycles. The normalized spacial score (nSPS) is 10.8. The number of hydrogen-bond acceptors (Lipinski definition) is 6. The number of aromatic nitrogens is 3. The average Bonchev–Trinajstić information content (AvgIpc) is 2.76. The molecule has 0 spiro atoms. The Morgan fingerprint density at radius 3 is 2.80 bits per heavy atom. The lowest BCUT2D eigenvalue weighted by molar-refractivity contribution is 0.383. The molecular formula is C9H12N4O2. The lowest BCUT2D eigenvalue weighted by Gasteiger charge is -1.96. The minimum Gasteiger partial charge on any atom is -0.445 e. The van der Waals surface area contributed by atoms with Gasteiger partial charge in [0.05, 0.1) is 19.3 Å². The van der Waals surface area contributed by atoms with E-state index in [9.17, 15) is 0 Å². The second-order valence-corrected chi connectivity index (χ2v) is 3.20. The van der Waals surface area contributed by atoms with Gasteiger partial charge in [0.1, 0.15) is 5.76 Å². The number of nitrogens with one attached hydrogen (secondary N) is 1. The molecule has 0 saturated heterocycles. The SMILES string of the molecule is Cc1cnc(CNCc2noc(C)n2)o1. The van der Waals surface area contributed by atoms with Gasteiger partial charge in [0.25, 0.3) is 0 Å². The fourth-order valence-corrected chi connectivity index (χ4v) is 1.18. The highest BCUT2D eigenvalue weighted by Gasteiger charge is 2.03. The zero-order valence-corrected chi connectivity index (χ0v) is 8.65. The van der Waals surface area contributed by atoms with Crippen molar-refractivity contribution in [3.63, 3.8) is 0 Å². The van der Waals surface area contributed by atoms with Gasteiger partial charge >= 0.3 is 0 Å². The maximum Gasteiger partial charge on any atom is 0.223 e. The molecule has 2 heterocycles. The van der Waals surface area contributed by atoms with E-state index in [4.69, 9.17) is 8.94 Å². The molecule has 0 fully saturated rings. The lowest BCUT2D eigenvalue weighted by atomic mass is 10.5. The van der Waals surface area contributed by atoms with Gasteiger partial charge in [-0.3, -0.25) is 0 Å². The summed E-state index contributed by atoms with van der Waals surface area (Å²) in [6.07, 6.45) is 1.69. The summed E-state index contributed by atoms with van der Waals surface area (Å²) in [6.45, 7) is 4.72. The second-order valence-electron chi connectivity index (χ2n) is 3.20. The van der Waals surface area contributed by atoms with Gasteiger partial charge < -0.3 is 14.3 Å². The summed E-state index contributed by atoms with van der Waals surface area (Å²) in [5.74, 6) is 2.67. The van der Waals surface area contributed by atoms with Crippen LogP contribution in [0.2, 0.25) is 0 Å². The number of rotatable bonds is 4. The summed E-state index contributed by atoms with van der Waals surface area (Å²) >= 11 is 0. The van der Waals surface area contributed by atoms with Crippen molar-refractivity contribution in [2.24, 2.45) is 0 Å². The van der Waals surface area contributed by atoms with Gasteiger partial charge in [-0.05, 0) is 6.92 Å². The number of oxazole rings is 1. The Labute approximate surface area is 86.7 Å². The maximum atomic E-state index is 5.29. The van der Waals surface area contributed by atoms with Crippen molar-refractivity contribution in [2.75, 3.05) is 0 Å². The molecule has 0 aliphatic heterocycles. The third-order valence-electron chi connectivity index (χ3n) is 1.80. The molecule has 0 saturated carbocycles. The molecule has 0 bridgehead atoms. The topological polar surface area (TPSA) is 77.0 Å². The van der Waals surface area contributed by atoms with Crippen LogP contribution in [0.5, 0.6) is 0 Å². The van der Waals surface area contributed by atoms with Crippen molar-refractivity contribution >= 4 is 0 Å². The Hall–Kier alpha value is -1.69. The molecule has 0 atom stereocenters. The highest BCUT2D eigenvalue weighted by Crippen LogP contribution is 2.01. The molecule has 1 N–H and O–H groups in total. The molecule has 15 heavy (non-hydrogen) atoms. The van der Waals surface area contributed by atoms with Gasteiger partial charge in [-0.1, -0.05) is 5.16 Å². The molecule has 80 valence electrons. The van der Waals surface area contributed by atoms with Crippen LogP contribution < -0.4 is 5.32 Å². The maximum absolute atomic E-state index is 5.29. The van der Waals surface area contributed by atoms with Crippen LogP contribution in [0.3, 0.4) is 0 Å². The lowest BCUT2D eigenvalue weighted by Crippen LogP contribution is -2.13. The molecule has 6 heteroatoms. The summed E-state index contributed by atoms with van der Waals surface area (Å²) < 4.78 is 10.1. The van der Waals surface area contributed by atoms with Gasteiger partial charge in [-0.25, -0.2) is 4.98 Å². The molecular weight excluding hydrogens is 196 g/mol.